The minimum Gasteiger partial charge on any atom is -0.534 e. The van der Waals surface area contributed by atoms with Gasteiger partial charge < -0.3 is 14.5 Å². The number of hydrogen-bond acceptors (Lipinski definition) is 5. The highest BCUT2D eigenvalue weighted by molar-refractivity contribution is 8.16. The van der Waals surface area contributed by atoms with Crippen LogP contribution in [0.4, 0.5) is 4.79 Å². The van der Waals surface area contributed by atoms with Gasteiger partial charge in [-0.3, -0.25) is 0 Å². The lowest BCUT2D eigenvalue weighted by Crippen LogP contribution is -2.68. The van der Waals surface area contributed by atoms with Crippen molar-refractivity contribution < 1.29 is 22.4 Å². The van der Waals surface area contributed by atoms with Gasteiger partial charge in [-0.05, 0) is 66.4 Å². The number of rotatable bonds is 9. The fourth-order valence-electron chi connectivity index (χ4n) is 4.59. The van der Waals surface area contributed by atoms with E-state index in [1.165, 1.54) is 16.4 Å². The molecule has 0 heterocycles. The Bertz CT molecular complexity index is 1360. The summed E-state index contributed by atoms with van der Waals surface area (Å²) in [6.07, 6.45) is 1.02. The van der Waals surface area contributed by atoms with E-state index >= 15 is 0 Å². The molecular weight excluding hydrogens is 562 g/mol. The van der Waals surface area contributed by atoms with Gasteiger partial charge in [-0.25, -0.2) is 13.2 Å². The fraction of sp³-hybridized carbons (Fsp3) is 0.323. The summed E-state index contributed by atoms with van der Waals surface area (Å²) in [5, 5.41) is 5.75. The minimum atomic E-state index is -3.89. The topological polar surface area (TPSA) is 81.7 Å². The molecular formula is C31H38ClNO5SSi. The van der Waals surface area contributed by atoms with Crippen molar-refractivity contribution in [1.29, 1.82) is 0 Å². The average molecular weight is 600 g/mol. The van der Waals surface area contributed by atoms with E-state index in [2.05, 4.69) is 50.4 Å². The summed E-state index contributed by atoms with van der Waals surface area (Å²) in [7, 11) is -1.30. The summed E-state index contributed by atoms with van der Waals surface area (Å²) in [6, 6.07) is 27.8. The molecule has 0 aliphatic rings. The van der Waals surface area contributed by atoms with Gasteiger partial charge >= 0.3 is 14.4 Å². The predicted octanol–water partition coefficient (Wildman–Crippen LogP) is 6.14. The van der Waals surface area contributed by atoms with Crippen LogP contribution < -0.4 is 20.1 Å². The van der Waals surface area contributed by atoms with E-state index in [4.69, 9.17) is 19.8 Å². The first-order valence-corrected chi connectivity index (χ1v) is 17.4. The fourth-order valence-corrected chi connectivity index (χ4v) is 9.56. The lowest BCUT2D eigenvalue weighted by Gasteiger charge is -2.43. The van der Waals surface area contributed by atoms with Gasteiger partial charge in [-0.15, -0.1) is 0 Å². The Hall–Kier alpha value is -3.07. The zero-order valence-electron chi connectivity index (χ0n) is 23.8. The summed E-state index contributed by atoms with van der Waals surface area (Å²) >= 11 is 0. The number of ether oxygens (including phenoxy) is 1. The van der Waals surface area contributed by atoms with Gasteiger partial charge in [-0.1, -0.05) is 93.6 Å². The number of nitrogens with one attached hydrogen (secondary N) is 1. The number of alkyl carbamates (subject to hydrolysis) is 1. The molecule has 3 aromatic rings. The van der Waals surface area contributed by atoms with Crippen molar-refractivity contribution >= 4 is 44.5 Å². The van der Waals surface area contributed by atoms with Crippen molar-refractivity contribution in [2.75, 3.05) is 0 Å². The molecule has 9 heteroatoms. The van der Waals surface area contributed by atoms with E-state index in [9.17, 15) is 13.2 Å². The predicted molar refractivity (Wildman–Crippen MR) is 165 cm³/mol. The molecule has 3 rings (SSSR count). The van der Waals surface area contributed by atoms with E-state index in [1.54, 1.807) is 20.8 Å². The first-order chi connectivity index (χ1) is 18.6. The molecule has 0 aromatic heterocycles. The lowest BCUT2D eigenvalue weighted by molar-refractivity contribution is 0.0514. The molecule has 214 valence electrons. The molecule has 3 aromatic carbocycles. The maximum absolute atomic E-state index is 12.4. The number of benzene rings is 3. The second-order valence-corrected chi connectivity index (χ2v) is 18.4. The van der Waals surface area contributed by atoms with Crippen LogP contribution in [0.2, 0.25) is 5.04 Å². The van der Waals surface area contributed by atoms with E-state index in [0.717, 1.165) is 16.7 Å². The molecule has 1 atom stereocenters. The van der Waals surface area contributed by atoms with Crippen molar-refractivity contribution in [1.82, 2.24) is 5.32 Å². The van der Waals surface area contributed by atoms with E-state index in [1.807, 2.05) is 60.7 Å². The molecule has 1 N–H and O–H groups in total. The van der Waals surface area contributed by atoms with Crippen molar-refractivity contribution in [3.8, 4) is 5.75 Å². The quantitative estimate of drug-likeness (QED) is 0.236. The van der Waals surface area contributed by atoms with Crippen LogP contribution in [0.1, 0.15) is 47.1 Å². The van der Waals surface area contributed by atoms with Crippen molar-refractivity contribution in [3.63, 3.8) is 0 Å². The van der Waals surface area contributed by atoms with Gasteiger partial charge in [0.15, 0.2) is 0 Å². The Morgan fingerprint density at radius 3 is 1.80 bits per heavy atom. The second kappa shape index (κ2) is 12.6. The van der Waals surface area contributed by atoms with Crippen LogP contribution in [0.25, 0.3) is 0 Å². The third-order valence-corrected chi connectivity index (χ3v) is 12.0. The highest BCUT2D eigenvalue weighted by Gasteiger charge is 2.52. The number of carbonyl (C=O) groups excluding carboxylic acids is 1. The zero-order chi connectivity index (χ0) is 29.6. The maximum atomic E-state index is 12.4. The third-order valence-electron chi connectivity index (χ3n) is 6.24. The molecule has 0 bridgehead atoms. The van der Waals surface area contributed by atoms with Gasteiger partial charge in [0.2, 0.25) is 0 Å². The average Bonchev–Trinajstić information content (AvgIpc) is 2.85. The van der Waals surface area contributed by atoms with Crippen LogP contribution in [-0.4, -0.2) is 34.5 Å². The monoisotopic (exact) mass is 599 g/mol. The summed E-state index contributed by atoms with van der Waals surface area (Å²) in [5.74, 6) is 0.730. The molecule has 0 spiro atoms. The molecule has 40 heavy (non-hydrogen) atoms. The van der Waals surface area contributed by atoms with E-state index in [0.29, 0.717) is 6.42 Å². The Labute approximate surface area is 243 Å². The Morgan fingerprint density at radius 1 is 0.875 bits per heavy atom. The Morgan fingerprint density at radius 2 is 1.38 bits per heavy atom. The lowest BCUT2D eigenvalue weighted by atomic mass is 10.1. The number of hydrogen-bond donors (Lipinski definition) is 1. The number of halogens is 1. The van der Waals surface area contributed by atoms with Gasteiger partial charge in [-0.2, -0.15) is 0 Å². The van der Waals surface area contributed by atoms with Crippen LogP contribution in [0.3, 0.4) is 0 Å². The molecule has 0 aliphatic carbocycles. The second-order valence-electron chi connectivity index (χ2n) is 11.7. The standard InChI is InChI=1S/C31H38ClNO5SSi/c1-30(2,3)37-29(34)33-25(21-22-39(32,35)36)23-24-17-19-26(20-18-24)38-40(31(4,5)6,27-13-9-7-10-14-27)28-15-11-8-12-16-28/h7-22,25H,23H2,1-6H3,(H,33,34)/b22-21+/t25-/m1/s1. The van der Waals surface area contributed by atoms with Crippen molar-refractivity contribution in [2.45, 2.75) is 64.6 Å². The highest BCUT2D eigenvalue weighted by Crippen LogP contribution is 2.37. The normalized spacial score (nSPS) is 13.6. The van der Waals surface area contributed by atoms with Crippen LogP contribution in [0, 0.1) is 0 Å². The largest absolute Gasteiger partial charge is 0.534 e. The van der Waals surface area contributed by atoms with Crippen molar-refractivity contribution in [3.05, 3.63) is 102 Å². The zero-order valence-corrected chi connectivity index (χ0v) is 26.4. The third kappa shape index (κ3) is 8.71. The molecule has 1 amide bonds. The van der Waals surface area contributed by atoms with Crippen LogP contribution in [0.5, 0.6) is 5.75 Å². The summed E-state index contributed by atoms with van der Waals surface area (Å²) in [6.45, 7) is 11.9. The van der Waals surface area contributed by atoms with Gasteiger partial charge in [0.05, 0.1) is 6.04 Å². The summed E-state index contributed by atoms with van der Waals surface area (Å²) < 4.78 is 35.4. The molecule has 0 saturated heterocycles. The molecule has 0 unspecified atom stereocenters. The van der Waals surface area contributed by atoms with Gasteiger partial charge in [0.1, 0.15) is 11.4 Å². The van der Waals surface area contributed by atoms with E-state index in [-0.39, 0.29) is 5.04 Å². The van der Waals surface area contributed by atoms with Crippen LogP contribution >= 0.6 is 10.7 Å². The molecule has 0 radical (unpaired) electrons. The first kappa shape index (κ1) is 31.5. The molecule has 0 fully saturated rings. The van der Waals surface area contributed by atoms with Crippen LogP contribution in [-0.2, 0) is 20.2 Å². The number of carbonyl (C=O) groups is 1. The smallest absolute Gasteiger partial charge is 0.408 e. The highest BCUT2D eigenvalue weighted by atomic mass is 35.7. The Kier molecular flexibility index (Phi) is 9.93. The van der Waals surface area contributed by atoms with Crippen molar-refractivity contribution in [2.24, 2.45) is 0 Å². The maximum Gasteiger partial charge on any atom is 0.408 e. The van der Waals surface area contributed by atoms with Gasteiger partial charge in [0, 0.05) is 16.1 Å². The summed E-state index contributed by atoms with van der Waals surface area (Å²) in [4.78, 5) is 12.4. The minimum absolute atomic E-state index is 0.186. The number of amides is 1. The SMILES string of the molecule is CC(C)(C)OC(=O)N[C@H](/C=C/S(=O)(=O)Cl)Cc1ccc(O[Si](c2ccccc2)(c2ccccc2)C(C)(C)C)cc1. The molecule has 6 nitrogen and oxygen atoms in total. The Balaban J connectivity index is 1.93. The van der Waals surface area contributed by atoms with Crippen LogP contribution in [0.15, 0.2) is 96.4 Å². The van der Waals surface area contributed by atoms with Gasteiger partial charge in [0.25, 0.3) is 9.05 Å². The molecule has 0 saturated carbocycles. The summed E-state index contributed by atoms with van der Waals surface area (Å²) in [5.41, 5.74) is 0.170. The first-order valence-electron chi connectivity index (χ1n) is 13.1. The molecule has 0 aliphatic heterocycles. The van der Waals surface area contributed by atoms with E-state index < -0.39 is 35.1 Å².